The van der Waals surface area contributed by atoms with E-state index in [0.29, 0.717) is 17.3 Å². The molecule has 3 aromatic carbocycles. The van der Waals surface area contributed by atoms with Gasteiger partial charge in [0.1, 0.15) is 0 Å². The third-order valence-corrected chi connectivity index (χ3v) is 4.88. The van der Waals surface area contributed by atoms with Crippen molar-refractivity contribution in [2.24, 2.45) is 5.10 Å². The molecule has 0 saturated heterocycles. The van der Waals surface area contributed by atoms with E-state index in [4.69, 9.17) is 11.6 Å². The molecule has 5 nitrogen and oxygen atoms in total. The summed E-state index contributed by atoms with van der Waals surface area (Å²) >= 11 is 5.91. The first-order chi connectivity index (χ1) is 14.1. The summed E-state index contributed by atoms with van der Waals surface area (Å²) in [6.07, 6.45) is 1.77. The predicted octanol–water partition coefficient (Wildman–Crippen LogP) is 4.89. The Morgan fingerprint density at radius 1 is 1.03 bits per heavy atom. The molecule has 144 valence electrons. The molecule has 0 unspecified atom stereocenters. The Morgan fingerprint density at radius 2 is 1.79 bits per heavy atom. The van der Waals surface area contributed by atoms with E-state index in [9.17, 15) is 4.79 Å². The number of fused-ring (bicyclic) bond motifs is 1. The summed E-state index contributed by atoms with van der Waals surface area (Å²) in [6.45, 7) is 2.42. The number of benzene rings is 3. The fourth-order valence-corrected chi connectivity index (χ4v) is 3.14. The van der Waals surface area contributed by atoms with E-state index in [0.717, 1.165) is 22.2 Å². The minimum absolute atomic E-state index is 0.314. The number of aromatic nitrogens is 2. The van der Waals surface area contributed by atoms with Crippen LogP contribution < -0.4 is 5.43 Å². The van der Waals surface area contributed by atoms with Crippen LogP contribution in [0.25, 0.3) is 10.8 Å². The maximum Gasteiger partial charge on any atom is 0.291 e. The van der Waals surface area contributed by atoms with Crippen molar-refractivity contribution in [1.82, 2.24) is 15.2 Å². The van der Waals surface area contributed by atoms with E-state index in [2.05, 4.69) is 33.8 Å². The molecule has 0 bridgehead atoms. The van der Waals surface area contributed by atoms with Gasteiger partial charge < -0.3 is 0 Å². The lowest BCUT2D eigenvalue weighted by atomic mass is 10.0. The van der Waals surface area contributed by atoms with E-state index in [1.165, 1.54) is 5.39 Å². The number of hydrogen-bond donors (Lipinski definition) is 1. The average Bonchev–Trinajstić information content (AvgIpc) is 3.21. The molecular formula is C23H19ClN4O. The first kappa shape index (κ1) is 18.9. The van der Waals surface area contributed by atoms with Crippen molar-refractivity contribution in [3.63, 3.8) is 0 Å². The highest BCUT2D eigenvalue weighted by molar-refractivity contribution is 6.30. The molecule has 0 radical (unpaired) electrons. The van der Waals surface area contributed by atoms with E-state index < -0.39 is 0 Å². The van der Waals surface area contributed by atoms with Crippen molar-refractivity contribution >= 4 is 34.0 Å². The number of rotatable bonds is 5. The Kier molecular flexibility index (Phi) is 5.40. The highest BCUT2D eigenvalue weighted by Crippen LogP contribution is 2.16. The summed E-state index contributed by atoms with van der Waals surface area (Å²) in [5, 5.41) is 11.5. The largest absolute Gasteiger partial charge is 0.291 e. The summed E-state index contributed by atoms with van der Waals surface area (Å²) in [5.74, 6) is -0.347. The van der Waals surface area contributed by atoms with Gasteiger partial charge >= 0.3 is 0 Å². The molecule has 0 atom stereocenters. The number of nitrogens with zero attached hydrogens (tertiary/aromatic N) is 3. The van der Waals surface area contributed by atoms with Crippen LogP contribution in [-0.4, -0.2) is 21.4 Å². The molecule has 29 heavy (non-hydrogen) atoms. The van der Waals surface area contributed by atoms with Crippen LogP contribution in [0, 0.1) is 0 Å². The topological polar surface area (TPSA) is 59.3 Å². The maximum atomic E-state index is 12.4. The van der Waals surface area contributed by atoms with Crippen LogP contribution in [0.4, 0.5) is 0 Å². The minimum Gasteiger partial charge on any atom is -0.268 e. The number of hydrazone groups is 1. The second kappa shape index (κ2) is 8.29. The van der Waals surface area contributed by atoms with Crippen LogP contribution >= 0.6 is 11.6 Å². The number of carbonyl (C=O) groups is 1. The second-order valence-corrected chi connectivity index (χ2v) is 7.16. The Bertz CT molecular complexity index is 1190. The molecule has 0 aliphatic rings. The first-order valence-corrected chi connectivity index (χ1v) is 9.58. The summed E-state index contributed by atoms with van der Waals surface area (Å²) < 4.78 is 1.71. The van der Waals surface area contributed by atoms with Crippen molar-refractivity contribution in [3.05, 3.63) is 101 Å². The molecular weight excluding hydrogens is 384 g/mol. The van der Waals surface area contributed by atoms with E-state index >= 15 is 0 Å². The summed E-state index contributed by atoms with van der Waals surface area (Å²) in [7, 11) is 0. The zero-order valence-electron chi connectivity index (χ0n) is 15.8. The van der Waals surface area contributed by atoms with Gasteiger partial charge in [-0.1, -0.05) is 60.1 Å². The third kappa shape index (κ3) is 4.52. The van der Waals surface area contributed by atoms with Gasteiger partial charge in [0.2, 0.25) is 0 Å². The van der Waals surface area contributed by atoms with Gasteiger partial charge in [-0.25, -0.2) is 5.43 Å². The van der Waals surface area contributed by atoms with E-state index in [1.54, 1.807) is 16.9 Å². The second-order valence-electron chi connectivity index (χ2n) is 6.73. The number of halogens is 1. The molecule has 4 aromatic rings. The Balaban J connectivity index is 1.43. The van der Waals surface area contributed by atoms with Crippen molar-refractivity contribution in [1.29, 1.82) is 0 Å². The van der Waals surface area contributed by atoms with Crippen LogP contribution in [0.1, 0.15) is 28.5 Å². The fraction of sp³-hybridized carbons (Fsp3) is 0.0870. The van der Waals surface area contributed by atoms with E-state index in [-0.39, 0.29) is 5.91 Å². The van der Waals surface area contributed by atoms with E-state index in [1.807, 2.05) is 55.5 Å². The normalized spacial score (nSPS) is 11.6. The van der Waals surface area contributed by atoms with Gasteiger partial charge in [-0.3, -0.25) is 9.48 Å². The van der Waals surface area contributed by atoms with Crippen molar-refractivity contribution in [3.8, 4) is 0 Å². The van der Waals surface area contributed by atoms with Crippen molar-refractivity contribution in [2.75, 3.05) is 0 Å². The van der Waals surface area contributed by atoms with Gasteiger partial charge in [-0.2, -0.15) is 10.2 Å². The zero-order valence-corrected chi connectivity index (χ0v) is 16.6. The van der Waals surface area contributed by atoms with Crippen molar-refractivity contribution in [2.45, 2.75) is 13.5 Å². The molecule has 0 fully saturated rings. The Labute approximate surface area is 173 Å². The molecule has 0 saturated carbocycles. The van der Waals surface area contributed by atoms with Gasteiger partial charge in [-0.15, -0.1) is 0 Å². The number of amides is 1. The Morgan fingerprint density at radius 3 is 2.59 bits per heavy atom. The molecule has 6 heteroatoms. The molecule has 0 aliphatic heterocycles. The van der Waals surface area contributed by atoms with Gasteiger partial charge in [0.15, 0.2) is 5.69 Å². The molecule has 4 rings (SSSR count). The predicted molar refractivity (Wildman–Crippen MR) is 116 cm³/mol. The number of carbonyl (C=O) groups excluding carboxylic acids is 1. The molecule has 1 aromatic heterocycles. The van der Waals surface area contributed by atoms with Crippen molar-refractivity contribution < 1.29 is 4.79 Å². The fourth-order valence-electron chi connectivity index (χ4n) is 3.02. The number of nitrogens with one attached hydrogen (secondary N) is 1. The Hall–Kier alpha value is -3.44. The van der Waals surface area contributed by atoms with Crippen LogP contribution in [0.3, 0.4) is 0 Å². The molecule has 0 aliphatic carbocycles. The summed E-state index contributed by atoms with van der Waals surface area (Å²) in [4.78, 5) is 12.4. The highest BCUT2D eigenvalue weighted by atomic mass is 35.5. The average molecular weight is 403 g/mol. The lowest BCUT2D eigenvalue weighted by Crippen LogP contribution is -2.20. The quantitative estimate of drug-likeness (QED) is 0.381. The maximum absolute atomic E-state index is 12.4. The monoisotopic (exact) mass is 402 g/mol. The SMILES string of the molecule is CC(=NNC(=O)c1ccn(Cc2ccc(Cl)cc2)n1)c1ccc2ccccc2c1. The third-order valence-electron chi connectivity index (χ3n) is 4.62. The minimum atomic E-state index is -0.347. The smallest absolute Gasteiger partial charge is 0.268 e. The standard InChI is InChI=1S/C23H19ClN4O/c1-16(19-9-8-18-4-2-3-5-20(18)14-19)25-26-23(29)22-12-13-28(27-22)15-17-6-10-21(24)11-7-17/h2-14H,15H2,1H3,(H,26,29). The van der Waals surface area contributed by atoms with Crippen LogP contribution in [-0.2, 0) is 6.54 Å². The summed E-state index contributed by atoms with van der Waals surface area (Å²) in [6, 6.07) is 23.4. The zero-order chi connectivity index (χ0) is 20.2. The lowest BCUT2D eigenvalue weighted by molar-refractivity contribution is 0.0949. The summed E-state index contributed by atoms with van der Waals surface area (Å²) in [5.41, 5.74) is 5.63. The molecule has 1 heterocycles. The van der Waals surface area contributed by atoms with Gasteiger partial charge in [-0.05, 0) is 53.1 Å². The molecule has 1 amide bonds. The van der Waals surface area contributed by atoms with Gasteiger partial charge in [0, 0.05) is 11.2 Å². The number of hydrogen-bond acceptors (Lipinski definition) is 3. The van der Waals surface area contributed by atoms with Crippen LogP contribution in [0.5, 0.6) is 0 Å². The van der Waals surface area contributed by atoms with Crippen LogP contribution in [0.2, 0.25) is 5.02 Å². The van der Waals surface area contributed by atoms with Gasteiger partial charge in [0.25, 0.3) is 5.91 Å². The van der Waals surface area contributed by atoms with Gasteiger partial charge in [0.05, 0.1) is 12.3 Å². The molecule has 1 N–H and O–H groups in total. The van der Waals surface area contributed by atoms with Crippen LogP contribution in [0.15, 0.2) is 84.1 Å². The highest BCUT2D eigenvalue weighted by Gasteiger charge is 2.09. The first-order valence-electron chi connectivity index (χ1n) is 9.20. The molecule has 0 spiro atoms. The lowest BCUT2D eigenvalue weighted by Gasteiger charge is -2.04.